The molecule has 0 saturated carbocycles. The largest absolute Gasteiger partial charge is 0.467 e. The highest BCUT2D eigenvalue weighted by molar-refractivity contribution is 7.99. The number of nitriles is 1. The van der Waals surface area contributed by atoms with Crippen LogP contribution in [0.15, 0.2) is 76.5 Å². The fourth-order valence-electron chi connectivity index (χ4n) is 3.26. The van der Waals surface area contributed by atoms with E-state index in [9.17, 15) is 13.6 Å². The molecule has 0 N–H and O–H groups in total. The summed E-state index contributed by atoms with van der Waals surface area (Å²) in [5.41, 5.74) is 1.21. The molecule has 1 amide bonds. The first-order valence-corrected chi connectivity index (χ1v) is 11.3. The highest BCUT2D eigenvalue weighted by atomic mass is 32.2. The number of nitrogens with zero attached hydrogens (tertiary/aromatic N) is 5. The molecule has 0 fully saturated rings. The van der Waals surface area contributed by atoms with Crippen LogP contribution in [-0.4, -0.2) is 37.9 Å². The topological polar surface area (TPSA) is 87.9 Å². The first kappa shape index (κ1) is 23.2. The zero-order valence-electron chi connectivity index (χ0n) is 17.9. The lowest BCUT2D eigenvalue weighted by molar-refractivity contribution is -0.129. The maximum absolute atomic E-state index is 13.5. The SMILES string of the molecule is N#CCCN(Cc1ccco1)C(=O)CSc1nnc(-c2ccc(F)cc2)n1-c1ccc(F)cc1. The van der Waals surface area contributed by atoms with Crippen LogP contribution in [0.1, 0.15) is 12.2 Å². The van der Waals surface area contributed by atoms with Gasteiger partial charge in [0.05, 0.1) is 31.1 Å². The summed E-state index contributed by atoms with van der Waals surface area (Å²) < 4.78 is 34.0. The fourth-order valence-corrected chi connectivity index (χ4v) is 4.11. The Bertz CT molecular complexity index is 1280. The zero-order chi connectivity index (χ0) is 23.9. The third-order valence-electron chi connectivity index (χ3n) is 4.92. The number of rotatable bonds is 9. The second kappa shape index (κ2) is 10.8. The van der Waals surface area contributed by atoms with Crippen molar-refractivity contribution in [2.24, 2.45) is 0 Å². The summed E-state index contributed by atoms with van der Waals surface area (Å²) in [6.07, 6.45) is 1.72. The minimum Gasteiger partial charge on any atom is -0.467 e. The Morgan fingerprint density at radius 3 is 2.41 bits per heavy atom. The van der Waals surface area contributed by atoms with Gasteiger partial charge in [-0.25, -0.2) is 8.78 Å². The normalized spacial score (nSPS) is 10.7. The molecule has 0 atom stereocenters. The molecule has 0 aliphatic heterocycles. The number of carbonyl (C=O) groups is 1. The molecule has 172 valence electrons. The number of hydrogen-bond donors (Lipinski definition) is 0. The van der Waals surface area contributed by atoms with Crippen LogP contribution in [-0.2, 0) is 11.3 Å². The van der Waals surface area contributed by atoms with E-state index in [1.54, 1.807) is 45.9 Å². The maximum atomic E-state index is 13.5. The van der Waals surface area contributed by atoms with Crippen molar-refractivity contribution in [3.8, 4) is 23.1 Å². The van der Waals surface area contributed by atoms with E-state index in [0.717, 1.165) is 11.8 Å². The van der Waals surface area contributed by atoms with Gasteiger partial charge in [-0.15, -0.1) is 10.2 Å². The first-order valence-electron chi connectivity index (χ1n) is 10.3. The molecular formula is C24H19F2N5O2S. The van der Waals surface area contributed by atoms with Crippen molar-refractivity contribution < 1.29 is 18.0 Å². The molecule has 10 heteroatoms. The smallest absolute Gasteiger partial charge is 0.233 e. The van der Waals surface area contributed by atoms with E-state index < -0.39 is 5.82 Å². The molecule has 7 nitrogen and oxygen atoms in total. The van der Waals surface area contributed by atoms with Crippen LogP contribution < -0.4 is 0 Å². The summed E-state index contributed by atoms with van der Waals surface area (Å²) >= 11 is 1.16. The van der Waals surface area contributed by atoms with Crippen LogP contribution >= 0.6 is 11.8 Å². The second-order valence-electron chi connectivity index (χ2n) is 7.22. The van der Waals surface area contributed by atoms with Gasteiger partial charge in [0.1, 0.15) is 17.4 Å². The summed E-state index contributed by atoms with van der Waals surface area (Å²) in [7, 11) is 0. The van der Waals surface area contributed by atoms with Gasteiger partial charge in [-0.2, -0.15) is 5.26 Å². The van der Waals surface area contributed by atoms with Crippen molar-refractivity contribution in [1.82, 2.24) is 19.7 Å². The van der Waals surface area contributed by atoms with E-state index in [1.165, 1.54) is 30.5 Å². The Kier molecular flexibility index (Phi) is 7.34. The predicted molar refractivity (Wildman–Crippen MR) is 122 cm³/mol. The van der Waals surface area contributed by atoms with Crippen LogP contribution in [0.3, 0.4) is 0 Å². The van der Waals surface area contributed by atoms with E-state index in [4.69, 9.17) is 9.68 Å². The van der Waals surface area contributed by atoms with E-state index >= 15 is 0 Å². The van der Waals surface area contributed by atoms with Crippen molar-refractivity contribution in [1.29, 1.82) is 5.26 Å². The fraction of sp³-hybridized carbons (Fsp3) is 0.167. The summed E-state index contributed by atoms with van der Waals surface area (Å²) in [6.45, 7) is 0.516. The summed E-state index contributed by atoms with van der Waals surface area (Å²) in [6, 6.07) is 17.1. The summed E-state index contributed by atoms with van der Waals surface area (Å²) in [5.74, 6) is 0.104. The molecule has 34 heavy (non-hydrogen) atoms. The van der Waals surface area contributed by atoms with Gasteiger partial charge in [0.25, 0.3) is 0 Å². The van der Waals surface area contributed by atoms with E-state index in [1.807, 2.05) is 0 Å². The molecule has 0 saturated heterocycles. The number of aromatic nitrogens is 3. The monoisotopic (exact) mass is 479 g/mol. The molecule has 0 aliphatic rings. The second-order valence-corrected chi connectivity index (χ2v) is 8.16. The average molecular weight is 480 g/mol. The van der Waals surface area contributed by atoms with Crippen LogP contribution in [0.2, 0.25) is 0 Å². The Morgan fingerprint density at radius 2 is 1.76 bits per heavy atom. The van der Waals surface area contributed by atoms with Crippen molar-refractivity contribution in [2.75, 3.05) is 12.3 Å². The number of furan rings is 1. The highest BCUT2D eigenvalue weighted by Crippen LogP contribution is 2.28. The zero-order valence-corrected chi connectivity index (χ0v) is 18.7. The number of amides is 1. The van der Waals surface area contributed by atoms with Gasteiger partial charge < -0.3 is 9.32 Å². The van der Waals surface area contributed by atoms with Gasteiger partial charge in [0.2, 0.25) is 5.91 Å². The van der Waals surface area contributed by atoms with E-state index in [0.29, 0.717) is 28.0 Å². The minimum atomic E-state index is -0.393. The standard InChI is InChI=1S/C24H19F2N5O2S/c25-18-6-4-17(5-7-18)23-28-29-24(31(23)20-10-8-19(26)9-11-20)34-16-22(32)30(13-2-12-27)15-21-3-1-14-33-21/h1,3-11,14H,2,13,15-16H2. The molecule has 2 aromatic heterocycles. The number of benzene rings is 2. The maximum Gasteiger partial charge on any atom is 0.233 e. The molecule has 0 spiro atoms. The average Bonchev–Trinajstić information content (AvgIpc) is 3.51. The van der Waals surface area contributed by atoms with E-state index in [-0.39, 0.29) is 37.0 Å². The lowest BCUT2D eigenvalue weighted by Crippen LogP contribution is -2.32. The number of thioether (sulfide) groups is 1. The quantitative estimate of drug-likeness (QED) is 0.319. The minimum absolute atomic E-state index is 0.0366. The van der Waals surface area contributed by atoms with Gasteiger partial charge in [0, 0.05) is 17.8 Å². The number of halogens is 2. The molecule has 2 heterocycles. The molecular weight excluding hydrogens is 460 g/mol. The van der Waals surface area contributed by atoms with Crippen LogP contribution in [0.25, 0.3) is 17.1 Å². The Hall–Kier alpha value is -3.97. The molecule has 4 aromatic rings. The highest BCUT2D eigenvalue weighted by Gasteiger charge is 2.20. The molecule has 4 rings (SSSR count). The molecule has 0 aliphatic carbocycles. The van der Waals surface area contributed by atoms with Gasteiger partial charge in [-0.1, -0.05) is 11.8 Å². The van der Waals surface area contributed by atoms with Gasteiger partial charge in [-0.05, 0) is 60.7 Å². The Labute approximate surface area is 198 Å². The number of carbonyl (C=O) groups excluding carboxylic acids is 1. The van der Waals surface area contributed by atoms with Gasteiger partial charge >= 0.3 is 0 Å². The third kappa shape index (κ3) is 5.50. The first-order chi connectivity index (χ1) is 16.5. The van der Waals surface area contributed by atoms with Crippen LogP contribution in [0.5, 0.6) is 0 Å². The van der Waals surface area contributed by atoms with E-state index in [2.05, 4.69) is 16.3 Å². The lowest BCUT2D eigenvalue weighted by Gasteiger charge is -2.20. The Morgan fingerprint density at radius 1 is 1.06 bits per heavy atom. The lowest BCUT2D eigenvalue weighted by atomic mass is 10.2. The molecule has 0 unspecified atom stereocenters. The predicted octanol–water partition coefficient (Wildman–Crippen LogP) is 4.84. The van der Waals surface area contributed by atoms with Crippen molar-refractivity contribution in [2.45, 2.75) is 18.1 Å². The summed E-state index contributed by atoms with van der Waals surface area (Å²) in [4.78, 5) is 14.5. The Balaban J connectivity index is 1.59. The van der Waals surface area contributed by atoms with Crippen molar-refractivity contribution >= 4 is 17.7 Å². The van der Waals surface area contributed by atoms with Gasteiger partial charge in [-0.3, -0.25) is 9.36 Å². The molecule has 0 bridgehead atoms. The van der Waals surface area contributed by atoms with Gasteiger partial charge in [0.15, 0.2) is 11.0 Å². The third-order valence-corrected chi connectivity index (χ3v) is 5.83. The van der Waals surface area contributed by atoms with Crippen molar-refractivity contribution in [3.63, 3.8) is 0 Å². The molecule has 2 aromatic carbocycles. The van der Waals surface area contributed by atoms with Crippen LogP contribution in [0.4, 0.5) is 8.78 Å². The molecule has 0 radical (unpaired) electrons. The number of hydrogen-bond acceptors (Lipinski definition) is 6. The van der Waals surface area contributed by atoms with Crippen molar-refractivity contribution in [3.05, 3.63) is 84.3 Å². The van der Waals surface area contributed by atoms with Crippen LogP contribution in [0, 0.1) is 23.0 Å². The summed E-state index contributed by atoms with van der Waals surface area (Å²) in [5, 5.41) is 17.8.